The van der Waals surface area contributed by atoms with Crippen LogP contribution in [0.3, 0.4) is 0 Å². The van der Waals surface area contributed by atoms with Crippen molar-refractivity contribution in [1.29, 1.82) is 0 Å². The maximum absolute atomic E-state index is 12.1. The van der Waals surface area contributed by atoms with Gasteiger partial charge in [0.1, 0.15) is 4.83 Å². The number of nitrogens with one attached hydrogen (secondary N) is 2. The Bertz CT molecular complexity index is 817. The second-order valence-electron chi connectivity index (χ2n) is 4.81. The lowest BCUT2D eigenvalue weighted by Gasteiger charge is -2.05. The largest absolute Gasteiger partial charge is 0.279 e. The quantitative estimate of drug-likeness (QED) is 0.711. The third-order valence-corrected chi connectivity index (χ3v) is 4.45. The molecular weight excluding hydrogens is 300 g/mol. The lowest BCUT2D eigenvalue weighted by atomic mass is 10.2. The number of hydrazine groups is 1. The van der Waals surface area contributed by atoms with Crippen LogP contribution in [0.5, 0.6) is 0 Å². The number of fused-ring (bicyclic) bond motifs is 1. The van der Waals surface area contributed by atoms with E-state index in [4.69, 9.17) is 0 Å². The number of benzene rings is 1. The first-order chi connectivity index (χ1) is 10.6. The molecule has 0 radical (unpaired) electrons. The Morgan fingerprint density at radius 2 is 1.82 bits per heavy atom. The van der Waals surface area contributed by atoms with Gasteiger partial charge in [0, 0.05) is 18.0 Å². The Morgan fingerprint density at radius 3 is 2.50 bits per heavy atom. The number of hydrogen-bond donors (Lipinski definition) is 2. The summed E-state index contributed by atoms with van der Waals surface area (Å²) in [7, 11) is 1.84. The zero-order valence-electron chi connectivity index (χ0n) is 12.1. The van der Waals surface area contributed by atoms with Gasteiger partial charge in [-0.25, -0.2) is 0 Å². The number of aromatic nitrogens is 2. The topological polar surface area (TPSA) is 76.0 Å². The molecule has 112 valence electrons. The van der Waals surface area contributed by atoms with Crippen LogP contribution >= 0.6 is 11.3 Å². The summed E-state index contributed by atoms with van der Waals surface area (Å²) in [5, 5.41) is 5.24. The second-order valence-corrected chi connectivity index (χ2v) is 5.84. The molecule has 2 aromatic heterocycles. The summed E-state index contributed by atoms with van der Waals surface area (Å²) >= 11 is 1.34. The first-order valence-electron chi connectivity index (χ1n) is 6.65. The molecule has 0 bridgehead atoms. The highest BCUT2D eigenvalue weighted by Crippen LogP contribution is 2.27. The Hall–Kier alpha value is -2.67. The summed E-state index contributed by atoms with van der Waals surface area (Å²) in [6.07, 6.45) is 0. The number of aryl methyl sites for hydroxylation is 2. The van der Waals surface area contributed by atoms with E-state index in [2.05, 4.69) is 16.0 Å². The molecule has 3 rings (SSSR count). The van der Waals surface area contributed by atoms with Crippen molar-refractivity contribution in [3.05, 3.63) is 52.5 Å². The van der Waals surface area contributed by atoms with Crippen LogP contribution in [0.1, 0.15) is 25.7 Å². The first kappa shape index (κ1) is 14.3. The van der Waals surface area contributed by atoms with Gasteiger partial charge in [-0.1, -0.05) is 18.2 Å². The average molecular weight is 314 g/mol. The van der Waals surface area contributed by atoms with E-state index in [-0.39, 0.29) is 11.8 Å². The molecule has 3 aromatic rings. The van der Waals surface area contributed by atoms with Crippen LogP contribution in [0.4, 0.5) is 0 Å². The van der Waals surface area contributed by atoms with Gasteiger partial charge in [0.25, 0.3) is 11.8 Å². The molecule has 0 unspecified atom stereocenters. The number of carbonyl (C=O) groups excluding carboxylic acids is 2. The van der Waals surface area contributed by atoms with Crippen LogP contribution in [0, 0.1) is 6.92 Å². The fourth-order valence-electron chi connectivity index (χ4n) is 2.15. The molecule has 0 saturated heterocycles. The summed E-state index contributed by atoms with van der Waals surface area (Å²) in [4.78, 5) is 25.5. The van der Waals surface area contributed by atoms with E-state index in [1.807, 2.05) is 20.0 Å². The average Bonchev–Trinajstić information content (AvgIpc) is 3.08. The minimum absolute atomic E-state index is 0.343. The molecule has 22 heavy (non-hydrogen) atoms. The lowest BCUT2D eigenvalue weighted by molar-refractivity contribution is 0.0849. The lowest BCUT2D eigenvalue weighted by Crippen LogP contribution is -2.41. The number of rotatable bonds is 2. The molecule has 0 saturated carbocycles. The Kier molecular flexibility index (Phi) is 3.64. The molecule has 2 heterocycles. The van der Waals surface area contributed by atoms with Crippen LogP contribution in [-0.4, -0.2) is 21.6 Å². The third-order valence-electron chi connectivity index (χ3n) is 3.25. The van der Waals surface area contributed by atoms with Crippen molar-refractivity contribution >= 4 is 33.4 Å². The minimum atomic E-state index is -0.354. The van der Waals surface area contributed by atoms with Crippen molar-refractivity contribution in [3.8, 4) is 0 Å². The maximum atomic E-state index is 12.1. The van der Waals surface area contributed by atoms with Gasteiger partial charge >= 0.3 is 0 Å². The number of thiophene rings is 1. The summed E-state index contributed by atoms with van der Waals surface area (Å²) in [6, 6.07) is 10.5. The molecule has 0 aliphatic carbocycles. The Labute approximate surface area is 130 Å². The SMILES string of the molecule is Cc1nn(C)c2sc(C(=O)NNC(=O)c3ccccc3)cc12. The van der Waals surface area contributed by atoms with Gasteiger partial charge < -0.3 is 0 Å². The highest BCUT2D eigenvalue weighted by Gasteiger charge is 2.15. The standard InChI is InChI=1S/C15H14N4O2S/c1-9-11-8-12(22-15(11)19(2)18-9)14(21)17-16-13(20)10-6-4-3-5-7-10/h3-8H,1-2H3,(H,16,20)(H,17,21). The predicted molar refractivity (Wildman–Crippen MR) is 84.7 cm³/mol. The van der Waals surface area contributed by atoms with Crippen LogP contribution in [0.2, 0.25) is 0 Å². The zero-order valence-corrected chi connectivity index (χ0v) is 12.9. The monoisotopic (exact) mass is 314 g/mol. The van der Waals surface area contributed by atoms with Crippen molar-refractivity contribution < 1.29 is 9.59 Å². The molecule has 0 spiro atoms. The van der Waals surface area contributed by atoms with E-state index in [1.54, 1.807) is 35.0 Å². The third kappa shape index (κ3) is 2.58. The molecule has 0 fully saturated rings. The molecule has 2 amide bonds. The van der Waals surface area contributed by atoms with Gasteiger partial charge in [0.05, 0.1) is 10.6 Å². The number of nitrogens with zero attached hydrogens (tertiary/aromatic N) is 2. The van der Waals surface area contributed by atoms with Gasteiger partial charge in [-0.05, 0) is 25.1 Å². The van der Waals surface area contributed by atoms with Gasteiger partial charge in [-0.2, -0.15) is 5.10 Å². The smallest absolute Gasteiger partial charge is 0.267 e. The molecule has 0 aliphatic rings. The Morgan fingerprint density at radius 1 is 1.14 bits per heavy atom. The van der Waals surface area contributed by atoms with Crippen molar-refractivity contribution in [3.63, 3.8) is 0 Å². The van der Waals surface area contributed by atoms with Gasteiger partial charge in [-0.3, -0.25) is 25.1 Å². The summed E-state index contributed by atoms with van der Waals surface area (Å²) in [6.45, 7) is 1.90. The van der Waals surface area contributed by atoms with Crippen molar-refractivity contribution in [2.24, 2.45) is 7.05 Å². The van der Waals surface area contributed by atoms with Gasteiger partial charge in [0.2, 0.25) is 0 Å². The van der Waals surface area contributed by atoms with Crippen LogP contribution < -0.4 is 10.9 Å². The van der Waals surface area contributed by atoms with Gasteiger partial charge in [-0.15, -0.1) is 11.3 Å². The highest BCUT2D eigenvalue weighted by atomic mass is 32.1. The highest BCUT2D eigenvalue weighted by molar-refractivity contribution is 7.20. The van der Waals surface area contributed by atoms with Crippen molar-refractivity contribution in [2.45, 2.75) is 6.92 Å². The van der Waals surface area contributed by atoms with E-state index in [0.717, 1.165) is 15.9 Å². The van der Waals surface area contributed by atoms with Gasteiger partial charge in [0.15, 0.2) is 0 Å². The van der Waals surface area contributed by atoms with Crippen molar-refractivity contribution in [2.75, 3.05) is 0 Å². The molecule has 0 aliphatic heterocycles. The van der Waals surface area contributed by atoms with E-state index >= 15 is 0 Å². The molecule has 2 N–H and O–H groups in total. The molecule has 7 heteroatoms. The molecule has 1 aromatic carbocycles. The first-order valence-corrected chi connectivity index (χ1v) is 7.47. The molecule has 6 nitrogen and oxygen atoms in total. The van der Waals surface area contributed by atoms with Crippen LogP contribution in [0.15, 0.2) is 36.4 Å². The molecular formula is C15H14N4O2S. The van der Waals surface area contributed by atoms with Crippen molar-refractivity contribution in [1.82, 2.24) is 20.6 Å². The second kappa shape index (κ2) is 5.61. The summed E-state index contributed by atoms with van der Waals surface area (Å²) < 4.78 is 1.74. The normalized spacial score (nSPS) is 10.6. The predicted octanol–water partition coefficient (Wildman–Crippen LogP) is 2.02. The minimum Gasteiger partial charge on any atom is -0.267 e. The zero-order chi connectivity index (χ0) is 15.7. The maximum Gasteiger partial charge on any atom is 0.279 e. The fourth-order valence-corrected chi connectivity index (χ4v) is 3.17. The Balaban J connectivity index is 1.71. The number of hydrogen-bond acceptors (Lipinski definition) is 4. The van der Waals surface area contributed by atoms with E-state index in [0.29, 0.717) is 10.4 Å². The fraction of sp³-hybridized carbons (Fsp3) is 0.133. The van der Waals surface area contributed by atoms with Crippen LogP contribution in [0.25, 0.3) is 10.2 Å². The molecule has 0 atom stereocenters. The van der Waals surface area contributed by atoms with E-state index < -0.39 is 0 Å². The summed E-state index contributed by atoms with van der Waals surface area (Å²) in [5.74, 6) is -0.696. The number of carbonyl (C=O) groups is 2. The number of amides is 2. The van der Waals surface area contributed by atoms with E-state index in [9.17, 15) is 9.59 Å². The van der Waals surface area contributed by atoms with Crippen LogP contribution in [-0.2, 0) is 7.05 Å². The van der Waals surface area contributed by atoms with E-state index in [1.165, 1.54) is 11.3 Å². The summed E-state index contributed by atoms with van der Waals surface area (Å²) in [5.41, 5.74) is 6.20.